The number of anilines is 1. The van der Waals surface area contributed by atoms with Crippen LogP contribution in [0.2, 0.25) is 0 Å². The lowest BCUT2D eigenvalue weighted by atomic mass is 9.97. The second-order valence-electron chi connectivity index (χ2n) is 4.95. The van der Waals surface area contributed by atoms with Crippen LogP contribution in [-0.2, 0) is 14.3 Å². The van der Waals surface area contributed by atoms with E-state index in [4.69, 9.17) is 0 Å². The molecule has 1 fully saturated rings. The summed E-state index contributed by atoms with van der Waals surface area (Å²) in [7, 11) is 1.34. The second kappa shape index (κ2) is 7.56. The van der Waals surface area contributed by atoms with Gasteiger partial charge in [0.15, 0.2) is 0 Å². The van der Waals surface area contributed by atoms with Crippen LogP contribution in [0.25, 0.3) is 0 Å². The van der Waals surface area contributed by atoms with Crippen LogP contribution in [0.5, 0.6) is 0 Å². The highest BCUT2D eigenvalue weighted by atomic mass is 16.5. The average molecular weight is 292 g/mol. The quantitative estimate of drug-likeness (QED) is 0.789. The molecule has 1 amide bonds. The van der Waals surface area contributed by atoms with Crippen molar-refractivity contribution in [1.29, 1.82) is 0 Å². The number of nitrogens with one attached hydrogen (secondary N) is 1. The van der Waals surface area contributed by atoms with Gasteiger partial charge in [0.25, 0.3) is 0 Å². The molecule has 0 radical (unpaired) electrons. The largest absolute Gasteiger partial charge is 0.469 e. The van der Waals surface area contributed by atoms with Gasteiger partial charge >= 0.3 is 5.97 Å². The molecular weight excluding hydrogens is 272 g/mol. The van der Waals surface area contributed by atoms with E-state index in [1.54, 1.807) is 18.5 Å². The van der Waals surface area contributed by atoms with Crippen molar-refractivity contribution in [2.24, 2.45) is 5.92 Å². The minimum absolute atomic E-state index is 0.0282. The Morgan fingerprint density at radius 2 is 2.19 bits per heavy atom. The smallest absolute Gasteiger partial charge is 0.307 e. The summed E-state index contributed by atoms with van der Waals surface area (Å²) >= 11 is 0. The number of esters is 1. The first-order valence-corrected chi connectivity index (χ1v) is 7.07. The van der Waals surface area contributed by atoms with Crippen molar-refractivity contribution >= 4 is 17.8 Å². The zero-order valence-corrected chi connectivity index (χ0v) is 12.1. The summed E-state index contributed by atoms with van der Waals surface area (Å²) in [6.07, 6.45) is 5.35. The maximum Gasteiger partial charge on any atom is 0.307 e. The van der Waals surface area contributed by atoms with Crippen molar-refractivity contribution in [2.45, 2.75) is 19.3 Å². The summed E-state index contributed by atoms with van der Waals surface area (Å²) in [6, 6.07) is 1.77. The molecule has 1 atom stereocenters. The number of carbonyl (C=O) groups excluding carboxylic acids is 2. The van der Waals surface area contributed by atoms with E-state index < -0.39 is 0 Å². The van der Waals surface area contributed by atoms with Gasteiger partial charge in [-0.1, -0.05) is 0 Å². The summed E-state index contributed by atoms with van der Waals surface area (Å²) in [5.41, 5.74) is 0. The molecule has 1 unspecified atom stereocenters. The first-order valence-electron chi connectivity index (χ1n) is 7.07. The molecule has 0 bridgehead atoms. The summed E-state index contributed by atoms with van der Waals surface area (Å²) in [4.78, 5) is 33.6. The predicted molar refractivity (Wildman–Crippen MR) is 76.6 cm³/mol. The van der Waals surface area contributed by atoms with Crippen molar-refractivity contribution in [2.75, 3.05) is 31.6 Å². The number of rotatable bonds is 5. The number of hydrogen-bond acceptors (Lipinski definition) is 6. The lowest BCUT2D eigenvalue weighted by molar-refractivity contribution is -0.140. The van der Waals surface area contributed by atoms with E-state index in [-0.39, 0.29) is 24.2 Å². The Morgan fingerprint density at radius 3 is 2.90 bits per heavy atom. The van der Waals surface area contributed by atoms with Crippen molar-refractivity contribution in [3.63, 3.8) is 0 Å². The van der Waals surface area contributed by atoms with Gasteiger partial charge in [-0.3, -0.25) is 9.59 Å². The van der Waals surface area contributed by atoms with E-state index in [1.165, 1.54) is 7.11 Å². The first kappa shape index (κ1) is 15.2. The summed E-state index contributed by atoms with van der Waals surface area (Å²) in [5.74, 6) is 0.211. The Kier molecular flexibility index (Phi) is 5.48. The standard InChI is InChI=1S/C14H20N4O3/c1-21-12(19)5-8-15-13(20)11-4-2-9-18(10-11)14-16-6-3-7-17-14/h3,6-7,11H,2,4-5,8-10H2,1H3,(H,15,20). The molecule has 114 valence electrons. The third-order valence-corrected chi connectivity index (χ3v) is 3.48. The molecule has 0 aliphatic carbocycles. The number of ether oxygens (including phenoxy) is 1. The zero-order valence-electron chi connectivity index (χ0n) is 12.1. The summed E-state index contributed by atoms with van der Waals surface area (Å²) in [6.45, 7) is 1.77. The molecule has 21 heavy (non-hydrogen) atoms. The Hall–Kier alpha value is -2.18. The van der Waals surface area contributed by atoms with E-state index in [0.29, 0.717) is 19.0 Å². The van der Waals surface area contributed by atoms with Crippen LogP contribution < -0.4 is 10.2 Å². The molecule has 1 N–H and O–H groups in total. The fourth-order valence-corrected chi connectivity index (χ4v) is 2.36. The predicted octanol–water partition coefficient (Wildman–Crippen LogP) is 0.372. The third kappa shape index (κ3) is 4.40. The van der Waals surface area contributed by atoms with Gasteiger partial charge in [-0.2, -0.15) is 0 Å². The minimum Gasteiger partial charge on any atom is -0.469 e. The molecule has 7 nitrogen and oxygen atoms in total. The molecule has 1 saturated heterocycles. The van der Waals surface area contributed by atoms with Gasteiger partial charge in [-0.25, -0.2) is 9.97 Å². The lowest BCUT2D eigenvalue weighted by Gasteiger charge is -2.31. The molecule has 0 saturated carbocycles. The Bertz CT molecular complexity index is 480. The van der Waals surface area contributed by atoms with Gasteiger partial charge < -0.3 is 15.0 Å². The Labute approximate surface area is 123 Å². The van der Waals surface area contributed by atoms with Gasteiger partial charge in [0, 0.05) is 32.0 Å². The van der Waals surface area contributed by atoms with Crippen LogP contribution >= 0.6 is 0 Å². The third-order valence-electron chi connectivity index (χ3n) is 3.48. The van der Waals surface area contributed by atoms with Gasteiger partial charge in [0.2, 0.25) is 11.9 Å². The van der Waals surface area contributed by atoms with Crippen LogP contribution in [0.15, 0.2) is 18.5 Å². The van der Waals surface area contributed by atoms with E-state index in [0.717, 1.165) is 19.4 Å². The van der Waals surface area contributed by atoms with Gasteiger partial charge in [0.05, 0.1) is 19.4 Å². The molecule has 0 spiro atoms. The zero-order chi connectivity index (χ0) is 15.1. The average Bonchev–Trinajstić information content (AvgIpc) is 2.55. The van der Waals surface area contributed by atoms with Crippen molar-refractivity contribution < 1.29 is 14.3 Å². The SMILES string of the molecule is COC(=O)CCNC(=O)C1CCCN(c2ncccn2)C1. The van der Waals surface area contributed by atoms with E-state index in [9.17, 15) is 9.59 Å². The molecule has 1 aromatic rings. The number of piperidine rings is 1. The van der Waals surface area contributed by atoms with Gasteiger partial charge in [-0.15, -0.1) is 0 Å². The van der Waals surface area contributed by atoms with Crippen LogP contribution in [0.3, 0.4) is 0 Å². The van der Waals surface area contributed by atoms with Crippen molar-refractivity contribution in [1.82, 2.24) is 15.3 Å². The summed E-state index contributed by atoms with van der Waals surface area (Å²) in [5, 5.41) is 2.78. The van der Waals surface area contributed by atoms with Crippen molar-refractivity contribution in [3.8, 4) is 0 Å². The van der Waals surface area contributed by atoms with E-state index in [1.807, 2.05) is 4.90 Å². The van der Waals surface area contributed by atoms with Crippen LogP contribution in [0.4, 0.5) is 5.95 Å². The van der Waals surface area contributed by atoms with Gasteiger partial charge in [-0.05, 0) is 18.9 Å². The number of methoxy groups -OCH3 is 1. The van der Waals surface area contributed by atoms with Crippen LogP contribution in [-0.4, -0.2) is 48.6 Å². The molecular formula is C14H20N4O3. The normalized spacial score (nSPS) is 18.1. The topological polar surface area (TPSA) is 84.4 Å². The highest BCUT2D eigenvalue weighted by Gasteiger charge is 2.26. The maximum absolute atomic E-state index is 12.1. The number of carbonyl (C=O) groups is 2. The van der Waals surface area contributed by atoms with Crippen LogP contribution in [0.1, 0.15) is 19.3 Å². The molecule has 2 heterocycles. The molecule has 1 aliphatic heterocycles. The number of amides is 1. The Morgan fingerprint density at radius 1 is 1.43 bits per heavy atom. The summed E-state index contributed by atoms with van der Waals surface area (Å²) < 4.78 is 4.54. The highest BCUT2D eigenvalue weighted by molar-refractivity contribution is 5.80. The molecule has 7 heteroatoms. The van der Waals surface area contributed by atoms with E-state index >= 15 is 0 Å². The Balaban J connectivity index is 1.83. The van der Waals surface area contributed by atoms with Crippen molar-refractivity contribution in [3.05, 3.63) is 18.5 Å². The molecule has 1 aromatic heterocycles. The van der Waals surface area contributed by atoms with Gasteiger partial charge in [0.1, 0.15) is 0 Å². The molecule has 2 rings (SSSR count). The number of nitrogens with zero attached hydrogens (tertiary/aromatic N) is 3. The van der Waals surface area contributed by atoms with E-state index in [2.05, 4.69) is 20.0 Å². The molecule has 1 aliphatic rings. The minimum atomic E-state index is -0.321. The molecule has 0 aromatic carbocycles. The fraction of sp³-hybridized carbons (Fsp3) is 0.571. The second-order valence-corrected chi connectivity index (χ2v) is 4.95. The first-order chi connectivity index (χ1) is 10.2. The number of hydrogen-bond donors (Lipinski definition) is 1. The maximum atomic E-state index is 12.1. The number of aromatic nitrogens is 2. The fourth-order valence-electron chi connectivity index (χ4n) is 2.36. The van der Waals surface area contributed by atoms with Crippen LogP contribution in [0, 0.1) is 5.92 Å². The monoisotopic (exact) mass is 292 g/mol. The highest BCUT2D eigenvalue weighted by Crippen LogP contribution is 2.19. The lowest BCUT2D eigenvalue weighted by Crippen LogP contribution is -2.44.